The maximum atomic E-state index is 13.2. The van der Waals surface area contributed by atoms with E-state index in [1.165, 1.54) is 37.2 Å². The number of nitrogens with zero attached hydrogens (tertiary/aromatic N) is 2. The van der Waals surface area contributed by atoms with Crippen molar-refractivity contribution in [1.29, 1.82) is 0 Å². The Morgan fingerprint density at radius 2 is 1.88 bits per heavy atom. The average Bonchev–Trinajstić information content (AvgIpc) is 2.88. The first-order valence-electron chi connectivity index (χ1n) is 8.10. The van der Waals surface area contributed by atoms with E-state index >= 15 is 0 Å². The fourth-order valence-electron chi connectivity index (χ4n) is 2.83. The molecule has 1 amide bonds. The Bertz CT molecular complexity index is 730. The number of pyridine rings is 1. The summed E-state index contributed by atoms with van der Waals surface area (Å²) in [5.41, 5.74) is 1.88. The van der Waals surface area contributed by atoms with Gasteiger partial charge in [0.25, 0.3) is 5.91 Å². The number of hydrogen-bond donors (Lipinski definition) is 1. The van der Waals surface area contributed by atoms with Gasteiger partial charge in [-0.1, -0.05) is 24.4 Å². The third kappa shape index (κ3) is 4.03. The van der Waals surface area contributed by atoms with E-state index < -0.39 is 5.82 Å². The topological polar surface area (TPSA) is 45.2 Å². The van der Waals surface area contributed by atoms with E-state index in [-0.39, 0.29) is 10.9 Å². The number of anilines is 2. The maximum Gasteiger partial charge on any atom is 0.257 e. The van der Waals surface area contributed by atoms with E-state index in [4.69, 9.17) is 11.6 Å². The van der Waals surface area contributed by atoms with Crippen molar-refractivity contribution in [1.82, 2.24) is 4.98 Å². The molecule has 0 atom stereocenters. The normalized spacial score (nSPS) is 15.0. The molecule has 3 rings (SSSR count). The quantitative estimate of drug-likeness (QED) is 0.888. The number of rotatable bonds is 3. The molecule has 0 saturated carbocycles. The van der Waals surface area contributed by atoms with E-state index in [1.807, 2.05) is 6.07 Å². The van der Waals surface area contributed by atoms with Gasteiger partial charge in [0.2, 0.25) is 0 Å². The Morgan fingerprint density at radius 3 is 2.58 bits per heavy atom. The summed E-state index contributed by atoms with van der Waals surface area (Å²) in [6.07, 6.45) is 8.12. The van der Waals surface area contributed by atoms with Crippen LogP contribution in [0, 0.1) is 5.82 Å². The van der Waals surface area contributed by atoms with Gasteiger partial charge in [-0.25, -0.2) is 4.39 Å². The van der Waals surface area contributed by atoms with Gasteiger partial charge in [0.1, 0.15) is 5.82 Å². The molecule has 1 aromatic carbocycles. The van der Waals surface area contributed by atoms with Gasteiger partial charge >= 0.3 is 0 Å². The average molecular weight is 348 g/mol. The third-order valence-corrected chi connectivity index (χ3v) is 4.42. The van der Waals surface area contributed by atoms with Crippen LogP contribution >= 0.6 is 11.6 Å². The van der Waals surface area contributed by atoms with Crippen molar-refractivity contribution in [2.24, 2.45) is 0 Å². The molecule has 1 N–H and O–H groups in total. The fourth-order valence-corrected chi connectivity index (χ4v) is 3.01. The van der Waals surface area contributed by atoms with Crippen LogP contribution in [-0.4, -0.2) is 24.0 Å². The van der Waals surface area contributed by atoms with Gasteiger partial charge in [-0.3, -0.25) is 9.78 Å². The number of carbonyl (C=O) groups is 1. The number of aromatic nitrogens is 1. The lowest BCUT2D eigenvalue weighted by atomic mass is 10.2. The minimum atomic E-state index is -0.514. The molecule has 4 nitrogen and oxygen atoms in total. The Hall–Kier alpha value is -2.14. The maximum absolute atomic E-state index is 13.2. The van der Waals surface area contributed by atoms with Crippen LogP contribution in [0.3, 0.4) is 0 Å². The molecular formula is C18H19ClFN3O. The molecule has 1 aromatic heterocycles. The summed E-state index contributed by atoms with van der Waals surface area (Å²) in [6.45, 7) is 1.97. The molecule has 0 aliphatic carbocycles. The predicted molar refractivity (Wildman–Crippen MR) is 94.3 cm³/mol. The molecule has 0 bridgehead atoms. The van der Waals surface area contributed by atoms with Gasteiger partial charge in [0, 0.05) is 25.0 Å². The van der Waals surface area contributed by atoms with E-state index in [2.05, 4.69) is 15.2 Å². The summed E-state index contributed by atoms with van der Waals surface area (Å²) in [5.74, 6) is -0.804. The number of nitrogens with one attached hydrogen (secondary N) is 1. The number of carbonyl (C=O) groups excluding carboxylic acids is 1. The molecule has 1 fully saturated rings. The van der Waals surface area contributed by atoms with Crippen molar-refractivity contribution in [3.8, 4) is 0 Å². The third-order valence-electron chi connectivity index (χ3n) is 4.13. The lowest BCUT2D eigenvalue weighted by Crippen LogP contribution is -2.24. The van der Waals surface area contributed by atoms with Crippen molar-refractivity contribution in [2.45, 2.75) is 25.7 Å². The van der Waals surface area contributed by atoms with Gasteiger partial charge in [-0.05, 0) is 37.1 Å². The zero-order valence-corrected chi connectivity index (χ0v) is 14.0. The fraction of sp³-hybridized carbons (Fsp3) is 0.333. The first kappa shape index (κ1) is 16.7. The number of halogens is 2. The van der Waals surface area contributed by atoms with Gasteiger partial charge in [0.05, 0.1) is 22.5 Å². The highest BCUT2D eigenvalue weighted by Gasteiger charge is 2.14. The van der Waals surface area contributed by atoms with Crippen LogP contribution in [0.4, 0.5) is 15.8 Å². The smallest absolute Gasteiger partial charge is 0.257 e. The zero-order chi connectivity index (χ0) is 16.9. The first-order valence-corrected chi connectivity index (χ1v) is 8.48. The highest BCUT2D eigenvalue weighted by atomic mass is 35.5. The summed E-state index contributed by atoms with van der Waals surface area (Å²) >= 11 is 5.74. The van der Waals surface area contributed by atoms with Crippen LogP contribution in [0.2, 0.25) is 5.02 Å². The lowest BCUT2D eigenvalue weighted by molar-refractivity contribution is 0.102. The predicted octanol–water partition coefficient (Wildman–Crippen LogP) is 4.51. The van der Waals surface area contributed by atoms with Gasteiger partial charge in [-0.15, -0.1) is 0 Å². The summed E-state index contributed by atoms with van der Waals surface area (Å²) in [5, 5.41) is 2.70. The van der Waals surface area contributed by atoms with Gasteiger partial charge in [-0.2, -0.15) is 0 Å². The van der Waals surface area contributed by atoms with Crippen molar-refractivity contribution in [2.75, 3.05) is 23.3 Å². The second-order valence-electron chi connectivity index (χ2n) is 5.92. The van der Waals surface area contributed by atoms with E-state index in [0.717, 1.165) is 31.6 Å². The molecule has 0 spiro atoms. The molecule has 1 saturated heterocycles. The standard InChI is InChI=1S/C18H19ClFN3O/c19-16-10-14(5-6-17(16)20)22-18(24)13-9-15(12-21-11-13)23-7-3-1-2-4-8-23/h5-6,9-12H,1-4,7-8H2,(H,22,24). The van der Waals surface area contributed by atoms with Crippen molar-refractivity contribution in [3.05, 3.63) is 53.1 Å². The van der Waals surface area contributed by atoms with E-state index in [0.29, 0.717) is 11.3 Å². The van der Waals surface area contributed by atoms with Crippen LogP contribution in [0.25, 0.3) is 0 Å². The van der Waals surface area contributed by atoms with Gasteiger partial charge in [0.15, 0.2) is 0 Å². The zero-order valence-electron chi connectivity index (χ0n) is 13.3. The summed E-state index contributed by atoms with van der Waals surface area (Å²) in [4.78, 5) is 18.9. The SMILES string of the molecule is O=C(Nc1ccc(F)c(Cl)c1)c1cncc(N2CCCCCC2)c1. The van der Waals surface area contributed by atoms with Crippen molar-refractivity contribution >= 4 is 28.9 Å². The van der Waals surface area contributed by atoms with Crippen molar-refractivity contribution < 1.29 is 9.18 Å². The van der Waals surface area contributed by atoms with Gasteiger partial charge < -0.3 is 10.2 Å². The highest BCUT2D eigenvalue weighted by molar-refractivity contribution is 6.31. The monoisotopic (exact) mass is 347 g/mol. The second-order valence-corrected chi connectivity index (χ2v) is 6.32. The summed E-state index contributed by atoms with van der Waals surface area (Å²) < 4.78 is 13.2. The van der Waals surface area contributed by atoms with Crippen LogP contribution in [0.5, 0.6) is 0 Å². The van der Waals surface area contributed by atoms with Crippen LogP contribution in [0.1, 0.15) is 36.0 Å². The molecule has 0 unspecified atom stereocenters. The first-order chi connectivity index (χ1) is 11.6. The van der Waals surface area contributed by atoms with Crippen LogP contribution in [-0.2, 0) is 0 Å². The molecule has 1 aliphatic heterocycles. The molecule has 126 valence electrons. The molecule has 2 aromatic rings. The van der Waals surface area contributed by atoms with Crippen LogP contribution in [0.15, 0.2) is 36.7 Å². The Morgan fingerprint density at radius 1 is 1.12 bits per heavy atom. The summed E-state index contributed by atoms with van der Waals surface area (Å²) in [6, 6.07) is 5.94. The Labute approximate surface area is 145 Å². The molecular weight excluding hydrogens is 329 g/mol. The van der Waals surface area contributed by atoms with E-state index in [9.17, 15) is 9.18 Å². The Kier molecular flexibility index (Phi) is 5.30. The van der Waals surface area contributed by atoms with Crippen molar-refractivity contribution in [3.63, 3.8) is 0 Å². The van der Waals surface area contributed by atoms with E-state index in [1.54, 1.807) is 6.20 Å². The summed E-state index contributed by atoms with van der Waals surface area (Å²) in [7, 11) is 0. The molecule has 24 heavy (non-hydrogen) atoms. The van der Waals surface area contributed by atoms with Crippen LogP contribution < -0.4 is 10.2 Å². The number of benzene rings is 1. The molecule has 0 radical (unpaired) electrons. The Balaban J connectivity index is 1.74. The minimum absolute atomic E-state index is 0.0238. The second kappa shape index (κ2) is 7.62. The molecule has 2 heterocycles. The highest BCUT2D eigenvalue weighted by Crippen LogP contribution is 2.22. The number of amides is 1. The largest absolute Gasteiger partial charge is 0.370 e. The molecule has 1 aliphatic rings. The molecule has 6 heteroatoms. The number of hydrogen-bond acceptors (Lipinski definition) is 3. The lowest BCUT2D eigenvalue weighted by Gasteiger charge is -2.22. The minimum Gasteiger partial charge on any atom is -0.370 e.